The fourth-order valence-electron chi connectivity index (χ4n) is 6.50. The molecule has 3 amide bonds. The molecule has 0 radical (unpaired) electrons. The third kappa shape index (κ3) is 2.62. The summed E-state index contributed by atoms with van der Waals surface area (Å²) in [6.45, 7) is 0. The Morgan fingerprint density at radius 2 is 1.42 bits per heavy atom. The predicted molar refractivity (Wildman–Crippen MR) is 126 cm³/mol. The number of fused-ring (bicyclic) bond motifs is 1. The molecule has 33 heavy (non-hydrogen) atoms. The van der Waals surface area contributed by atoms with E-state index in [9.17, 15) is 14.4 Å². The van der Waals surface area contributed by atoms with E-state index < -0.39 is 0 Å². The SMILES string of the molecule is O=C(Nc1cccc2ccccc12)c1ccc(N2C(=O)[C@@H]3[C@H]4C=C[C@@H]([C@@H]5C[C@H]45)[C@@H]3C2=O)cc1. The molecule has 0 unspecified atom stereocenters. The van der Waals surface area contributed by atoms with Crippen molar-refractivity contribution in [2.75, 3.05) is 10.2 Å². The first kappa shape index (κ1) is 18.8. The lowest BCUT2D eigenvalue weighted by Gasteiger charge is -2.37. The molecule has 5 aliphatic rings. The highest BCUT2D eigenvalue weighted by molar-refractivity contribution is 6.23. The van der Waals surface area contributed by atoms with E-state index in [1.807, 2.05) is 42.5 Å². The third-order valence-corrected chi connectivity index (χ3v) is 8.09. The molecule has 2 bridgehead atoms. The van der Waals surface area contributed by atoms with Gasteiger partial charge in [-0.2, -0.15) is 0 Å². The number of amides is 3. The van der Waals surface area contributed by atoms with Crippen LogP contribution in [0.15, 0.2) is 78.9 Å². The molecule has 4 aliphatic carbocycles. The van der Waals surface area contributed by atoms with Crippen molar-refractivity contribution >= 4 is 39.9 Å². The Morgan fingerprint density at radius 3 is 2.12 bits per heavy atom. The molecular formula is C28H22N2O3. The van der Waals surface area contributed by atoms with Crippen molar-refractivity contribution in [3.05, 3.63) is 84.4 Å². The Kier molecular flexibility index (Phi) is 3.78. The summed E-state index contributed by atoms with van der Waals surface area (Å²) in [5, 5.41) is 5.01. The molecule has 0 aromatic heterocycles. The molecule has 0 spiro atoms. The smallest absolute Gasteiger partial charge is 0.255 e. The molecule has 1 aliphatic heterocycles. The predicted octanol–water partition coefficient (Wildman–Crippen LogP) is 4.65. The lowest BCUT2D eigenvalue weighted by molar-refractivity contribution is -0.124. The normalized spacial score (nSPS) is 31.0. The first-order valence-electron chi connectivity index (χ1n) is 11.6. The molecule has 162 valence electrons. The number of hydrogen-bond donors (Lipinski definition) is 1. The van der Waals surface area contributed by atoms with E-state index >= 15 is 0 Å². The van der Waals surface area contributed by atoms with E-state index in [1.54, 1.807) is 24.3 Å². The highest BCUT2D eigenvalue weighted by atomic mass is 16.2. The topological polar surface area (TPSA) is 66.5 Å². The Hall–Kier alpha value is -3.73. The number of anilines is 2. The van der Waals surface area contributed by atoms with Gasteiger partial charge >= 0.3 is 0 Å². The van der Waals surface area contributed by atoms with Crippen LogP contribution in [0, 0.1) is 35.5 Å². The number of allylic oxidation sites excluding steroid dienone is 2. The zero-order chi connectivity index (χ0) is 22.3. The van der Waals surface area contributed by atoms with Gasteiger partial charge in [0.15, 0.2) is 0 Å². The van der Waals surface area contributed by atoms with Crippen molar-refractivity contribution in [1.29, 1.82) is 0 Å². The molecule has 1 saturated heterocycles. The quantitative estimate of drug-likeness (QED) is 0.482. The number of nitrogens with zero attached hydrogens (tertiary/aromatic N) is 1. The number of hydrogen-bond acceptors (Lipinski definition) is 3. The number of benzene rings is 3. The van der Waals surface area contributed by atoms with Crippen LogP contribution in [0.4, 0.5) is 11.4 Å². The van der Waals surface area contributed by atoms with Crippen LogP contribution in [-0.2, 0) is 9.59 Å². The van der Waals surface area contributed by atoms with Crippen molar-refractivity contribution in [2.45, 2.75) is 6.42 Å². The van der Waals surface area contributed by atoms with Gasteiger partial charge in [0.1, 0.15) is 0 Å². The van der Waals surface area contributed by atoms with E-state index in [1.165, 1.54) is 4.90 Å². The second-order valence-corrected chi connectivity index (χ2v) is 9.69. The molecule has 3 aromatic rings. The second-order valence-electron chi connectivity index (χ2n) is 9.69. The Balaban J connectivity index is 1.14. The average Bonchev–Trinajstić information content (AvgIpc) is 3.63. The van der Waals surface area contributed by atoms with Crippen LogP contribution in [0.5, 0.6) is 0 Å². The minimum Gasteiger partial charge on any atom is -0.321 e. The van der Waals surface area contributed by atoms with Crippen LogP contribution >= 0.6 is 0 Å². The highest BCUT2D eigenvalue weighted by Gasteiger charge is 2.67. The minimum absolute atomic E-state index is 0.0809. The van der Waals surface area contributed by atoms with Crippen LogP contribution in [0.25, 0.3) is 10.8 Å². The molecule has 8 rings (SSSR count). The number of rotatable bonds is 3. The van der Waals surface area contributed by atoms with Crippen molar-refractivity contribution in [3.63, 3.8) is 0 Å². The van der Waals surface area contributed by atoms with Gasteiger partial charge in [0.25, 0.3) is 5.91 Å². The highest BCUT2D eigenvalue weighted by Crippen LogP contribution is 2.65. The van der Waals surface area contributed by atoms with E-state index in [4.69, 9.17) is 0 Å². The van der Waals surface area contributed by atoms with Crippen LogP contribution < -0.4 is 10.2 Å². The van der Waals surface area contributed by atoms with Crippen LogP contribution in [-0.4, -0.2) is 17.7 Å². The third-order valence-electron chi connectivity index (χ3n) is 8.09. The summed E-state index contributed by atoms with van der Waals surface area (Å²) in [5.74, 6) is 0.750. The summed E-state index contributed by atoms with van der Waals surface area (Å²) in [6.07, 6.45) is 5.50. The zero-order valence-electron chi connectivity index (χ0n) is 17.8. The summed E-state index contributed by atoms with van der Waals surface area (Å²) >= 11 is 0. The van der Waals surface area contributed by atoms with Gasteiger partial charge in [-0.25, -0.2) is 0 Å². The largest absolute Gasteiger partial charge is 0.321 e. The summed E-state index contributed by atoms with van der Waals surface area (Å²) in [5.41, 5.74) is 1.78. The van der Waals surface area contributed by atoms with E-state index in [0.29, 0.717) is 23.1 Å². The van der Waals surface area contributed by atoms with E-state index in [0.717, 1.165) is 22.9 Å². The van der Waals surface area contributed by atoms with Crippen molar-refractivity contribution in [3.8, 4) is 0 Å². The van der Waals surface area contributed by atoms with Gasteiger partial charge in [-0.1, -0.05) is 48.6 Å². The van der Waals surface area contributed by atoms with Gasteiger partial charge in [-0.05, 0) is 65.8 Å². The van der Waals surface area contributed by atoms with Gasteiger partial charge in [0, 0.05) is 16.6 Å². The number of nitrogens with one attached hydrogen (secondary N) is 1. The molecule has 5 nitrogen and oxygen atoms in total. The maximum absolute atomic E-state index is 13.3. The molecule has 3 aromatic carbocycles. The summed E-state index contributed by atoms with van der Waals surface area (Å²) in [7, 11) is 0. The molecule has 1 N–H and O–H groups in total. The van der Waals surface area contributed by atoms with Gasteiger partial charge in [-0.3, -0.25) is 19.3 Å². The first-order valence-corrected chi connectivity index (χ1v) is 11.6. The Morgan fingerprint density at radius 1 is 0.788 bits per heavy atom. The summed E-state index contributed by atoms with van der Waals surface area (Å²) in [4.78, 5) is 40.8. The van der Waals surface area contributed by atoms with Crippen LogP contribution in [0.2, 0.25) is 0 Å². The molecule has 5 heteroatoms. The maximum Gasteiger partial charge on any atom is 0.255 e. The van der Waals surface area contributed by atoms with Crippen molar-refractivity contribution in [2.24, 2.45) is 35.5 Å². The van der Waals surface area contributed by atoms with Gasteiger partial charge in [0.2, 0.25) is 11.8 Å². The molecule has 6 atom stereocenters. The molecule has 3 fully saturated rings. The second kappa shape index (κ2) is 6.64. The number of carbonyl (C=O) groups excluding carboxylic acids is 3. The Bertz CT molecular complexity index is 1330. The summed E-state index contributed by atoms with van der Waals surface area (Å²) < 4.78 is 0. The molecule has 2 saturated carbocycles. The van der Waals surface area contributed by atoms with Crippen molar-refractivity contribution < 1.29 is 14.4 Å². The number of imide groups is 1. The van der Waals surface area contributed by atoms with E-state index in [-0.39, 0.29) is 41.4 Å². The summed E-state index contributed by atoms with van der Waals surface area (Å²) in [6, 6.07) is 20.5. The lowest BCUT2D eigenvalue weighted by Crippen LogP contribution is -2.40. The monoisotopic (exact) mass is 434 g/mol. The van der Waals surface area contributed by atoms with Gasteiger partial charge in [0.05, 0.1) is 17.5 Å². The zero-order valence-corrected chi connectivity index (χ0v) is 17.8. The van der Waals surface area contributed by atoms with Gasteiger partial charge in [-0.15, -0.1) is 0 Å². The average molecular weight is 434 g/mol. The lowest BCUT2D eigenvalue weighted by atomic mass is 9.63. The molecule has 1 heterocycles. The molecular weight excluding hydrogens is 412 g/mol. The van der Waals surface area contributed by atoms with Gasteiger partial charge < -0.3 is 5.32 Å². The number of carbonyl (C=O) groups is 3. The maximum atomic E-state index is 13.3. The van der Waals surface area contributed by atoms with E-state index in [2.05, 4.69) is 17.5 Å². The Labute approximate surface area is 191 Å². The fraction of sp³-hybridized carbons (Fsp3) is 0.250. The van der Waals surface area contributed by atoms with Crippen molar-refractivity contribution in [1.82, 2.24) is 0 Å². The van der Waals surface area contributed by atoms with Crippen LogP contribution in [0.3, 0.4) is 0 Å². The van der Waals surface area contributed by atoms with Crippen LogP contribution in [0.1, 0.15) is 16.8 Å². The first-order chi connectivity index (χ1) is 16.1. The minimum atomic E-state index is -0.229. The standard InChI is InChI=1S/C28H22N2O3/c31-26(29-23-7-3-5-15-4-1-2-6-18(15)23)16-8-10-17(11-9-16)30-27(32)24-19-12-13-20(22-14-21(19)22)25(24)28(30)33/h1-13,19-22,24-25H,14H2,(H,29,31)/t19-,20-,21-,22+,24-,25+/m0/s1. The fourth-order valence-corrected chi connectivity index (χ4v) is 6.50.